The van der Waals surface area contributed by atoms with Gasteiger partial charge in [0.2, 0.25) is 0 Å². The van der Waals surface area contributed by atoms with Crippen LogP contribution in [-0.2, 0) is 0 Å². The van der Waals surface area contributed by atoms with Crippen molar-refractivity contribution in [1.82, 2.24) is 19.5 Å². The van der Waals surface area contributed by atoms with Crippen LogP contribution < -0.4 is 5.73 Å². The molecule has 4 unspecified atom stereocenters. The van der Waals surface area contributed by atoms with E-state index >= 15 is 0 Å². The lowest BCUT2D eigenvalue weighted by molar-refractivity contribution is 0.0600. The van der Waals surface area contributed by atoms with Gasteiger partial charge >= 0.3 is 0 Å². The molecular weight excluding hydrogens is 290 g/mol. The molecule has 0 aromatic carbocycles. The first kappa shape index (κ1) is 13.3. The lowest BCUT2D eigenvalue weighted by Gasteiger charge is -2.16. The summed E-state index contributed by atoms with van der Waals surface area (Å²) >= 11 is 1.44. The molecule has 0 radical (unpaired) electrons. The number of nitrogens with two attached hydrogens (primary N) is 1. The minimum absolute atomic E-state index is 0.0369. The van der Waals surface area contributed by atoms with Crippen molar-refractivity contribution in [2.24, 2.45) is 11.3 Å². The number of hydrogen-bond donors (Lipinski definition) is 3. The fraction of sp³-hybridized carbons (Fsp3) is 0.615. The van der Waals surface area contributed by atoms with Crippen molar-refractivity contribution < 1.29 is 10.2 Å². The fourth-order valence-electron chi connectivity index (χ4n) is 3.73. The molecule has 2 saturated carbocycles. The van der Waals surface area contributed by atoms with Gasteiger partial charge in [-0.2, -0.15) is 0 Å². The number of aromatic nitrogens is 4. The predicted molar refractivity (Wildman–Crippen MR) is 78.8 cm³/mol. The summed E-state index contributed by atoms with van der Waals surface area (Å²) in [5.41, 5.74) is 6.94. The second kappa shape index (κ2) is 4.31. The number of hydrogen-bond acceptors (Lipinski definition) is 7. The lowest BCUT2D eigenvalue weighted by Crippen LogP contribution is -2.22. The largest absolute Gasteiger partial charge is 0.396 e. The van der Waals surface area contributed by atoms with Crippen LogP contribution in [0.4, 0.5) is 5.82 Å². The number of anilines is 1. The van der Waals surface area contributed by atoms with E-state index in [1.165, 1.54) is 11.8 Å². The SMILES string of the molecule is CSc1nc(N)c2ncn(C3CC(O)C4(CO)CC34)c2n1. The topological polar surface area (TPSA) is 110 Å². The summed E-state index contributed by atoms with van der Waals surface area (Å²) in [4.78, 5) is 13.0. The molecule has 2 fully saturated rings. The van der Waals surface area contributed by atoms with Gasteiger partial charge in [-0.25, -0.2) is 15.0 Å². The van der Waals surface area contributed by atoms with E-state index in [4.69, 9.17) is 5.73 Å². The van der Waals surface area contributed by atoms with Gasteiger partial charge in [0.25, 0.3) is 0 Å². The highest BCUT2D eigenvalue weighted by Crippen LogP contribution is 2.67. The van der Waals surface area contributed by atoms with E-state index in [0.717, 1.165) is 6.42 Å². The Bertz CT molecular complexity index is 720. The number of aliphatic hydroxyl groups is 2. The minimum Gasteiger partial charge on any atom is -0.396 e. The summed E-state index contributed by atoms with van der Waals surface area (Å²) < 4.78 is 1.99. The molecule has 0 spiro atoms. The summed E-state index contributed by atoms with van der Waals surface area (Å²) in [6.45, 7) is 0.0369. The highest BCUT2D eigenvalue weighted by atomic mass is 32.2. The highest BCUT2D eigenvalue weighted by molar-refractivity contribution is 7.98. The highest BCUT2D eigenvalue weighted by Gasteiger charge is 2.67. The summed E-state index contributed by atoms with van der Waals surface area (Å²) in [6.07, 6.45) is 4.63. The van der Waals surface area contributed by atoms with Crippen LogP contribution in [0, 0.1) is 11.3 Å². The second-order valence-electron chi connectivity index (χ2n) is 5.94. The van der Waals surface area contributed by atoms with Crippen molar-refractivity contribution in [2.75, 3.05) is 18.6 Å². The molecule has 112 valence electrons. The minimum atomic E-state index is -0.464. The van der Waals surface area contributed by atoms with Gasteiger partial charge in [-0.05, 0) is 25.0 Å². The molecule has 7 nitrogen and oxygen atoms in total. The number of rotatable bonds is 3. The van der Waals surface area contributed by atoms with Crippen molar-refractivity contribution in [1.29, 1.82) is 0 Å². The molecule has 4 rings (SSSR count). The molecule has 2 aliphatic rings. The number of thioether (sulfide) groups is 1. The predicted octanol–water partition coefficient (Wildman–Crippen LogP) is 0.435. The summed E-state index contributed by atoms with van der Waals surface area (Å²) in [7, 11) is 0. The molecule has 0 amide bonds. The third-order valence-corrected chi connectivity index (χ3v) is 5.58. The van der Waals surface area contributed by atoms with Crippen LogP contribution in [0.25, 0.3) is 11.2 Å². The zero-order valence-corrected chi connectivity index (χ0v) is 12.4. The first-order chi connectivity index (χ1) is 10.1. The Morgan fingerprint density at radius 1 is 1.52 bits per heavy atom. The molecule has 0 bridgehead atoms. The Morgan fingerprint density at radius 3 is 2.95 bits per heavy atom. The van der Waals surface area contributed by atoms with Crippen molar-refractivity contribution >= 4 is 28.7 Å². The van der Waals surface area contributed by atoms with Crippen LogP contribution in [0.2, 0.25) is 0 Å². The standard InChI is InChI=1S/C13H17N5O2S/c1-21-12-16-10(14)9-11(17-12)18(5-15-9)7-2-8(20)13(4-19)3-6(7)13/h5-8,19-20H,2-4H2,1H3,(H2,14,16,17). The van der Waals surface area contributed by atoms with Crippen LogP contribution in [0.15, 0.2) is 11.5 Å². The van der Waals surface area contributed by atoms with Gasteiger partial charge in [0, 0.05) is 11.5 Å². The first-order valence-electron chi connectivity index (χ1n) is 6.93. The Morgan fingerprint density at radius 2 is 2.33 bits per heavy atom. The normalized spacial score (nSPS) is 34.3. The molecule has 2 aromatic heterocycles. The van der Waals surface area contributed by atoms with Gasteiger partial charge in [-0.15, -0.1) is 0 Å². The quantitative estimate of drug-likeness (QED) is 0.557. The average molecular weight is 307 g/mol. The van der Waals surface area contributed by atoms with Crippen LogP contribution >= 0.6 is 11.8 Å². The van der Waals surface area contributed by atoms with E-state index in [0.29, 0.717) is 28.6 Å². The zero-order chi connectivity index (χ0) is 14.8. The molecule has 4 N–H and O–H groups in total. The number of aliphatic hydroxyl groups excluding tert-OH is 2. The Balaban J connectivity index is 1.80. The van der Waals surface area contributed by atoms with E-state index < -0.39 is 6.10 Å². The van der Waals surface area contributed by atoms with E-state index in [1.807, 2.05) is 10.8 Å². The van der Waals surface area contributed by atoms with Crippen molar-refractivity contribution in [3.05, 3.63) is 6.33 Å². The Kier molecular flexibility index (Phi) is 2.73. The first-order valence-corrected chi connectivity index (χ1v) is 8.16. The second-order valence-corrected chi connectivity index (χ2v) is 6.71. The maximum Gasteiger partial charge on any atom is 0.191 e. The Hall–Kier alpha value is -1.38. The van der Waals surface area contributed by atoms with E-state index in [2.05, 4.69) is 15.0 Å². The van der Waals surface area contributed by atoms with Crippen molar-refractivity contribution in [3.8, 4) is 0 Å². The van der Waals surface area contributed by atoms with E-state index in [-0.39, 0.29) is 24.0 Å². The molecule has 21 heavy (non-hydrogen) atoms. The molecule has 0 aliphatic heterocycles. The third-order valence-electron chi connectivity index (χ3n) is 5.03. The van der Waals surface area contributed by atoms with Gasteiger partial charge in [0.15, 0.2) is 16.6 Å². The number of nitrogen functional groups attached to an aromatic ring is 1. The van der Waals surface area contributed by atoms with Crippen LogP contribution in [0.1, 0.15) is 18.9 Å². The molecule has 2 aromatic rings. The third kappa shape index (κ3) is 1.66. The summed E-state index contributed by atoms with van der Waals surface area (Å²) in [6, 6.07) is 0.112. The maximum atomic E-state index is 10.2. The van der Waals surface area contributed by atoms with E-state index in [9.17, 15) is 10.2 Å². The van der Waals surface area contributed by atoms with Crippen LogP contribution in [0.3, 0.4) is 0 Å². The van der Waals surface area contributed by atoms with Gasteiger partial charge < -0.3 is 20.5 Å². The Labute approximate surface area is 125 Å². The van der Waals surface area contributed by atoms with Gasteiger partial charge in [0.05, 0.1) is 19.0 Å². The average Bonchev–Trinajstić information content (AvgIpc) is 2.98. The maximum absolute atomic E-state index is 10.2. The molecule has 2 heterocycles. The number of nitrogens with zero attached hydrogens (tertiary/aromatic N) is 4. The monoisotopic (exact) mass is 307 g/mol. The van der Waals surface area contributed by atoms with E-state index in [1.54, 1.807) is 6.33 Å². The van der Waals surface area contributed by atoms with Crippen LogP contribution in [-0.4, -0.2) is 48.7 Å². The number of imidazole rings is 1. The van der Waals surface area contributed by atoms with Gasteiger partial charge in [0.1, 0.15) is 5.52 Å². The molecule has 2 aliphatic carbocycles. The van der Waals surface area contributed by atoms with Crippen LogP contribution in [0.5, 0.6) is 0 Å². The molecule has 8 heteroatoms. The van der Waals surface area contributed by atoms with Gasteiger partial charge in [-0.1, -0.05) is 11.8 Å². The molecule has 4 atom stereocenters. The zero-order valence-electron chi connectivity index (χ0n) is 11.6. The smallest absolute Gasteiger partial charge is 0.191 e. The molecular formula is C13H17N5O2S. The van der Waals surface area contributed by atoms with Gasteiger partial charge in [-0.3, -0.25) is 0 Å². The summed E-state index contributed by atoms with van der Waals surface area (Å²) in [5.74, 6) is 0.662. The summed E-state index contributed by atoms with van der Waals surface area (Å²) in [5, 5.41) is 20.4. The molecule has 0 saturated heterocycles. The number of fused-ring (bicyclic) bond motifs is 2. The lowest BCUT2D eigenvalue weighted by atomic mass is 10.0. The fourth-order valence-corrected chi connectivity index (χ4v) is 4.09. The van der Waals surface area contributed by atoms with Crippen molar-refractivity contribution in [3.63, 3.8) is 0 Å². The van der Waals surface area contributed by atoms with Crippen molar-refractivity contribution in [2.45, 2.75) is 30.1 Å².